The lowest BCUT2D eigenvalue weighted by Gasteiger charge is -2.19. The molecule has 1 atom stereocenters. The largest absolute Gasteiger partial charge is 0.449 e. The summed E-state index contributed by atoms with van der Waals surface area (Å²) >= 11 is 0. The Bertz CT molecular complexity index is 561. The number of hydrogen-bond acceptors (Lipinski definition) is 5. The Morgan fingerprint density at radius 3 is 2.94 bits per heavy atom. The summed E-state index contributed by atoms with van der Waals surface area (Å²) in [6, 6.07) is 1.11. The standard InChI is InChI=1S/C9H10N6O2/c1-5-4-15(9(17)13-7(5)10)14-6-2-3-11-8(16)12-6/h2-4H,1H3,(H2,10,13,17)(H2,11,12,14,16)/p+1. The maximum absolute atomic E-state index is 11.5. The van der Waals surface area contributed by atoms with Crippen LogP contribution in [0.3, 0.4) is 0 Å². The lowest BCUT2D eigenvalue weighted by molar-refractivity contribution is -0.732. The molecule has 8 nitrogen and oxygen atoms in total. The van der Waals surface area contributed by atoms with E-state index in [0.29, 0.717) is 11.4 Å². The number of carbonyl (C=O) groups excluding carboxylic acids is 1. The van der Waals surface area contributed by atoms with Crippen LogP contribution in [0.25, 0.3) is 0 Å². The second-order valence-corrected chi connectivity index (χ2v) is 3.48. The number of hydrogen-bond donors (Lipinski definition) is 5. The van der Waals surface area contributed by atoms with Crippen molar-refractivity contribution in [2.24, 2.45) is 0 Å². The number of nitrogens with zero attached hydrogens (tertiary/aromatic N) is 1. The number of amidine groups is 1. The summed E-state index contributed by atoms with van der Waals surface area (Å²) in [7, 11) is 0. The first kappa shape index (κ1) is 11.0. The highest BCUT2D eigenvalue weighted by molar-refractivity contribution is 6.04. The van der Waals surface area contributed by atoms with E-state index < -0.39 is 11.7 Å². The zero-order chi connectivity index (χ0) is 12.4. The molecule has 1 aromatic heterocycles. The maximum atomic E-state index is 11.5. The number of H-pyrrole nitrogens is 1. The molecule has 2 heterocycles. The molecule has 2 rings (SSSR count). The minimum atomic E-state index is -0.500. The van der Waals surface area contributed by atoms with Gasteiger partial charge in [-0.3, -0.25) is 15.7 Å². The third kappa shape index (κ3) is 2.37. The fraction of sp³-hybridized carbons (Fsp3) is 0.111. The van der Waals surface area contributed by atoms with E-state index in [2.05, 4.69) is 20.7 Å². The van der Waals surface area contributed by atoms with Gasteiger partial charge in [0, 0.05) is 17.8 Å². The first-order chi connectivity index (χ1) is 8.06. The van der Waals surface area contributed by atoms with Gasteiger partial charge in [0.15, 0.2) is 5.82 Å². The molecule has 1 aliphatic heterocycles. The first-order valence-electron chi connectivity index (χ1n) is 4.84. The van der Waals surface area contributed by atoms with E-state index in [4.69, 9.17) is 5.41 Å². The van der Waals surface area contributed by atoms with Gasteiger partial charge in [-0.1, -0.05) is 0 Å². The molecule has 88 valence electrons. The molecule has 1 unspecified atom stereocenters. The van der Waals surface area contributed by atoms with Gasteiger partial charge < -0.3 is 0 Å². The van der Waals surface area contributed by atoms with Gasteiger partial charge in [-0.05, 0) is 6.92 Å². The lowest BCUT2D eigenvalue weighted by Crippen LogP contribution is -3.16. The van der Waals surface area contributed by atoms with E-state index in [1.807, 2.05) is 0 Å². The van der Waals surface area contributed by atoms with Crippen molar-refractivity contribution in [2.45, 2.75) is 6.92 Å². The molecule has 0 saturated heterocycles. The van der Waals surface area contributed by atoms with Gasteiger partial charge in [0.05, 0.1) is 0 Å². The van der Waals surface area contributed by atoms with Crippen LogP contribution >= 0.6 is 0 Å². The average molecular weight is 235 g/mol. The van der Waals surface area contributed by atoms with Crippen LogP contribution in [-0.4, -0.2) is 21.8 Å². The van der Waals surface area contributed by atoms with Crippen molar-refractivity contribution in [2.75, 3.05) is 5.43 Å². The van der Waals surface area contributed by atoms with E-state index in [9.17, 15) is 9.59 Å². The topological polar surface area (TPSA) is 115 Å². The molecule has 0 bridgehead atoms. The van der Waals surface area contributed by atoms with Crippen molar-refractivity contribution < 1.29 is 9.80 Å². The Morgan fingerprint density at radius 1 is 1.47 bits per heavy atom. The van der Waals surface area contributed by atoms with Gasteiger partial charge in [-0.2, -0.15) is 0 Å². The monoisotopic (exact) mass is 235 g/mol. The van der Waals surface area contributed by atoms with Gasteiger partial charge in [-0.15, -0.1) is 5.01 Å². The van der Waals surface area contributed by atoms with E-state index >= 15 is 0 Å². The normalized spacial score (nSPS) is 19.6. The van der Waals surface area contributed by atoms with Crippen molar-refractivity contribution in [1.29, 1.82) is 5.41 Å². The number of amides is 2. The number of aromatic amines is 1. The Balaban J connectivity index is 2.22. The SMILES string of the molecule is CC1=C[NH+](Nc2ccnc(=O)[nH]2)C(=O)NC1=N. The minimum absolute atomic E-state index is 0.0729. The summed E-state index contributed by atoms with van der Waals surface area (Å²) in [5.41, 5.74) is 2.89. The number of rotatable bonds is 2. The number of aromatic nitrogens is 2. The third-order valence-electron chi connectivity index (χ3n) is 2.18. The molecular formula is C9H11N6O2+. The zero-order valence-corrected chi connectivity index (χ0v) is 9.00. The van der Waals surface area contributed by atoms with Crippen LogP contribution in [0, 0.1) is 5.41 Å². The highest BCUT2D eigenvalue weighted by atomic mass is 16.2. The summed E-state index contributed by atoms with van der Waals surface area (Å²) in [6.07, 6.45) is 2.88. The quantitative estimate of drug-likeness (QED) is 0.433. The second-order valence-electron chi connectivity index (χ2n) is 3.48. The van der Waals surface area contributed by atoms with Gasteiger partial charge in [0.2, 0.25) is 0 Å². The molecule has 5 N–H and O–H groups in total. The zero-order valence-electron chi connectivity index (χ0n) is 9.00. The average Bonchev–Trinajstić information content (AvgIpc) is 2.26. The van der Waals surface area contributed by atoms with Crippen LogP contribution in [0.1, 0.15) is 6.92 Å². The van der Waals surface area contributed by atoms with Crippen molar-refractivity contribution in [1.82, 2.24) is 15.3 Å². The highest BCUT2D eigenvalue weighted by Crippen LogP contribution is 1.94. The van der Waals surface area contributed by atoms with Crippen LogP contribution in [0.2, 0.25) is 0 Å². The van der Waals surface area contributed by atoms with Crippen molar-refractivity contribution in [3.8, 4) is 0 Å². The molecule has 1 aliphatic rings. The molecule has 0 radical (unpaired) electrons. The molecule has 0 fully saturated rings. The Morgan fingerprint density at radius 2 is 2.24 bits per heavy atom. The first-order valence-corrected chi connectivity index (χ1v) is 4.84. The smallest absolute Gasteiger partial charge is 0.288 e. The summed E-state index contributed by atoms with van der Waals surface area (Å²) in [5, 5.41) is 10.1. The van der Waals surface area contributed by atoms with Crippen LogP contribution in [0.4, 0.5) is 10.6 Å². The molecule has 0 saturated carbocycles. The number of nitrogens with one attached hydrogen (secondary N) is 5. The molecule has 2 amide bonds. The van der Waals surface area contributed by atoms with E-state index in [0.717, 1.165) is 0 Å². The maximum Gasteiger partial charge on any atom is 0.449 e. The van der Waals surface area contributed by atoms with Crippen LogP contribution in [0.15, 0.2) is 28.8 Å². The van der Waals surface area contributed by atoms with Crippen molar-refractivity contribution in [3.05, 3.63) is 34.5 Å². The Hall–Kier alpha value is -2.48. The summed E-state index contributed by atoms with van der Waals surface area (Å²) in [5.74, 6) is 0.441. The summed E-state index contributed by atoms with van der Waals surface area (Å²) < 4.78 is 0. The molecule has 0 spiro atoms. The predicted molar refractivity (Wildman–Crippen MR) is 59.5 cm³/mol. The molecule has 1 aromatic rings. The van der Waals surface area contributed by atoms with Gasteiger partial charge in [0.25, 0.3) is 0 Å². The van der Waals surface area contributed by atoms with Crippen LogP contribution in [0.5, 0.6) is 0 Å². The van der Waals surface area contributed by atoms with Gasteiger partial charge in [-0.25, -0.2) is 20.0 Å². The van der Waals surface area contributed by atoms with Gasteiger partial charge >= 0.3 is 11.7 Å². The predicted octanol–water partition coefficient (Wildman–Crippen LogP) is -1.41. The number of carbonyl (C=O) groups is 1. The van der Waals surface area contributed by atoms with Crippen LogP contribution < -0.4 is 21.4 Å². The van der Waals surface area contributed by atoms with E-state index in [1.54, 1.807) is 13.1 Å². The second kappa shape index (κ2) is 4.18. The molecular weight excluding hydrogens is 224 g/mol. The molecule has 0 aromatic carbocycles. The van der Waals surface area contributed by atoms with Crippen molar-refractivity contribution >= 4 is 17.7 Å². The Labute approximate surface area is 95.8 Å². The third-order valence-corrected chi connectivity index (χ3v) is 2.18. The Kier molecular flexibility index (Phi) is 2.71. The molecule has 17 heavy (non-hydrogen) atoms. The van der Waals surface area contributed by atoms with E-state index in [-0.39, 0.29) is 10.8 Å². The molecule has 8 heteroatoms. The lowest BCUT2D eigenvalue weighted by atomic mass is 10.3. The highest BCUT2D eigenvalue weighted by Gasteiger charge is 2.26. The van der Waals surface area contributed by atoms with Crippen molar-refractivity contribution in [3.63, 3.8) is 0 Å². The number of anilines is 1. The minimum Gasteiger partial charge on any atom is -0.288 e. The number of quaternary nitrogens is 1. The fourth-order valence-electron chi connectivity index (χ4n) is 1.31. The van der Waals surface area contributed by atoms with Gasteiger partial charge in [0.1, 0.15) is 12.0 Å². The van der Waals surface area contributed by atoms with Crippen LogP contribution in [-0.2, 0) is 0 Å². The molecule has 0 aliphatic carbocycles. The summed E-state index contributed by atoms with van der Waals surface area (Å²) in [4.78, 5) is 28.4. The van der Waals surface area contributed by atoms with E-state index in [1.165, 1.54) is 12.3 Å². The number of urea groups is 1. The fourth-order valence-corrected chi connectivity index (χ4v) is 1.31. The summed E-state index contributed by atoms with van der Waals surface area (Å²) in [6.45, 7) is 1.71.